The van der Waals surface area contributed by atoms with Gasteiger partial charge in [-0.25, -0.2) is 0 Å². The Labute approximate surface area is 125 Å². The Hall–Kier alpha value is -0.951. The third-order valence-electron chi connectivity index (χ3n) is 3.50. The number of para-hydroxylation sites is 1. The Kier molecular flexibility index (Phi) is 3.58. The summed E-state index contributed by atoms with van der Waals surface area (Å²) < 4.78 is 6.33. The van der Waals surface area contributed by atoms with Crippen LogP contribution in [-0.4, -0.2) is 15.0 Å². The van der Waals surface area contributed by atoms with Crippen LogP contribution in [0.15, 0.2) is 48.5 Å². The zero-order chi connectivity index (χ0) is 13.3. The molecular weight excluding hydrogens is 323 g/mol. The van der Waals surface area contributed by atoms with Crippen LogP contribution in [0.25, 0.3) is 0 Å². The average molecular weight is 338 g/mol. The molecule has 19 heavy (non-hydrogen) atoms. The third-order valence-corrected chi connectivity index (χ3v) is 5.34. The van der Waals surface area contributed by atoms with Gasteiger partial charge in [-0.1, -0.05) is 0 Å². The molecule has 0 aliphatic carbocycles. The fourth-order valence-corrected chi connectivity index (χ4v) is 4.41. The van der Waals surface area contributed by atoms with Crippen molar-refractivity contribution in [1.82, 2.24) is 0 Å². The summed E-state index contributed by atoms with van der Waals surface area (Å²) in [4.78, 5) is 0. The first kappa shape index (κ1) is 13.1. The summed E-state index contributed by atoms with van der Waals surface area (Å²) >= 11 is 6.55. The molecule has 1 aliphatic rings. The molecule has 1 atom stereocenters. The predicted octanol–water partition coefficient (Wildman–Crippen LogP) is 4.34. The zero-order valence-corrected chi connectivity index (χ0v) is 13.2. The quantitative estimate of drug-likeness (QED) is 0.757. The molecule has 0 N–H and O–H groups in total. The van der Waals surface area contributed by atoms with Crippen LogP contribution in [0, 0.1) is 0 Å². The molecule has 0 radical (unpaired) electrons. The van der Waals surface area contributed by atoms with Gasteiger partial charge in [0.2, 0.25) is 0 Å². The molecule has 0 fully saturated rings. The molecule has 3 rings (SSSR count). The van der Waals surface area contributed by atoms with E-state index in [1.165, 1.54) is 11.1 Å². The molecule has 98 valence electrons. The van der Waals surface area contributed by atoms with Gasteiger partial charge in [0.15, 0.2) is 0 Å². The van der Waals surface area contributed by atoms with Gasteiger partial charge in [-0.2, -0.15) is 0 Å². The molecule has 2 aromatic rings. The monoisotopic (exact) mass is 338 g/mol. The standard InChI is InChI=1S/C16H15ClOSe/c1-19-11-16(13-6-8-14(17)9-7-13)10-12-4-2-3-5-15(12)18-16/h2-9H,10-11H2,1H3. The van der Waals surface area contributed by atoms with Gasteiger partial charge in [-0.3, -0.25) is 0 Å². The molecular formula is C16H15ClOSe. The molecule has 2 aromatic carbocycles. The van der Waals surface area contributed by atoms with Crippen LogP contribution in [0.2, 0.25) is 16.2 Å². The van der Waals surface area contributed by atoms with Gasteiger partial charge < -0.3 is 0 Å². The van der Waals surface area contributed by atoms with Gasteiger partial charge in [0.05, 0.1) is 0 Å². The van der Waals surface area contributed by atoms with E-state index in [4.69, 9.17) is 16.3 Å². The Bertz CT molecular complexity index is 555. The molecule has 0 saturated heterocycles. The first-order chi connectivity index (χ1) is 9.23. The molecule has 1 aliphatic heterocycles. The van der Waals surface area contributed by atoms with E-state index in [-0.39, 0.29) is 5.60 Å². The van der Waals surface area contributed by atoms with E-state index in [1.807, 2.05) is 18.2 Å². The van der Waals surface area contributed by atoms with Crippen molar-refractivity contribution in [1.29, 1.82) is 0 Å². The van der Waals surface area contributed by atoms with Crippen LogP contribution >= 0.6 is 11.6 Å². The Morgan fingerprint density at radius 1 is 1.16 bits per heavy atom. The Morgan fingerprint density at radius 2 is 1.89 bits per heavy atom. The van der Waals surface area contributed by atoms with Gasteiger partial charge in [-0.15, -0.1) is 0 Å². The van der Waals surface area contributed by atoms with Crippen molar-refractivity contribution < 1.29 is 4.74 Å². The summed E-state index contributed by atoms with van der Waals surface area (Å²) in [5.74, 6) is 3.29. The fourth-order valence-electron chi connectivity index (χ4n) is 2.62. The number of rotatable bonds is 3. The molecule has 1 heterocycles. The molecule has 0 bridgehead atoms. The van der Waals surface area contributed by atoms with E-state index in [0.717, 1.165) is 22.5 Å². The van der Waals surface area contributed by atoms with Gasteiger partial charge in [0, 0.05) is 0 Å². The molecule has 0 aromatic heterocycles. The normalized spacial score (nSPS) is 20.9. The number of benzene rings is 2. The predicted molar refractivity (Wildman–Crippen MR) is 80.3 cm³/mol. The molecule has 0 amide bonds. The maximum atomic E-state index is 6.33. The van der Waals surface area contributed by atoms with Crippen LogP contribution in [-0.2, 0) is 12.0 Å². The van der Waals surface area contributed by atoms with Crippen molar-refractivity contribution in [3.63, 3.8) is 0 Å². The number of hydrogen-bond donors (Lipinski definition) is 0. The average Bonchev–Trinajstić information content (AvgIpc) is 2.79. The number of halogens is 1. The van der Waals surface area contributed by atoms with Gasteiger partial charge >= 0.3 is 125 Å². The summed E-state index contributed by atoms with van der Waals surface area (Å²) in [6.07, 6.45) is 0.959. The van der Waals surface area contributed by atoms with Crippen molar-refractivity contribution in [2.45, 2.75) is 23.2 Å². The van der Waals surface area contributed by atoms with E-state index in [9.17, 15) is 0 Å². The summed E-state index contributed by atoms with van der Waals surface area (Å²) in [7, 11) is 0. The Balaban J connectivity index is 2.01. The first-order valence-electron chi connectivity index (χ1n) is 6.25. The van der Waals surface area contributed by atoms with E-state index < -0.39 is 0 Å². The number of fused-ring (bicyclic) bond motifs is 1. The second-order valence-electron chi connectivity index (χ2n) is 4.82. The first-order valence-corrected chi connectivity index (χ1v) is 9.56. The summed E-state index contributed by atoms with van der Waals surface area (Å²) in [6, 6.07) is 16.4. The van der Waals surface area contributed by atoms with Crippen LogP contribution in [0.1, 0.15) is 11.1 Å². The molecule has 1 nitrogen and oxygen atoms in total. The van der Waals surface area contributed by atoms with Gasteiger partial charge in [-0.05, 0) is 0 Å². The van der Waals surface area contributed by atoms with E-state index in [1.54, 1.807) is 0 Å². The summed E-state index contributed by atoms with van der Waals surface area (Å²) in [5, 5.41) is 1.85. The van der Waals surface area contributed by atoms with Gasteiger partial charge in [0.1, 0.15) is 0 Å². The Morgan fingerprint density at radius 3 is 2.58 bits per heavy atom. The maximum absolute atomic E-state index is 6.33. The number of ether oxygens (including phenoxy) is 1. The second kappa shape index (κ2) is 5.20. The minimum atomic E-state index is -0.191. The van der Waals surface area contributed by atoms with Crippen molar-refractivity contribution in [2.75, 3.05) is 0 Å². The van der Waals surface area contributed by atoms with Crippen LogP contribution in [0.5, 0.6) is 5.75 Å². The van der Waals surface area contributed by atoms with Crippen LogP contribution < -0.4 is 4.74 Å². The zero-order valence-electron chi connectivity index (χ0n) is 10.7. The van der Waals surface area contributed by atoms with Gasteiger partial charge in [0.25, 0.3) is 0 Å². The van der Waals surface area contributed by atoms with Crippen molar-refractivity contribution in [3.05, 3.63) is 64.7 Å². The van der Waals surface area contributed by atoms with E-state index in [2.05, 4.69) is 36.2 Å². The van der Waals surface area contributed by atoms with E-state index in [0.29, 0.717) is 15.0 Å². The summed E-state index contributed by atoms with van der Waals surface area (Å²) in [5.41, 5.74) is 2.35. The van der Waals surface area contributed by atoms with Crippen molar-refractivity contribution in [2.24, 2.45) is 0 Å². The summed E-state index contributed by atoms with van der Waals surface area (Å²) in [6.45, 7) is 0. The van der Waals surface area contributed by atoms with Crippen molar-refractivity contribution >= 4 is 26.6 Å². The third kappa shape index (κ3) is 2.41. The fraction of sp³-hybridized carbons (Fsp3) is 0.250. The van der Waals surface area contributed by atoms with Crippen molar-refractivity contribution in [3.8, 4) is 5.75 Å². The molecule has 3 heteroatoms. The molecule has 0 saturated carbocycles. The van der Waals surface area contributed by atoms with Crippen LogP contribution in [0.3, 0.4) is 0 Å². The molecule has 1 unspecified atom stereocenters. The number of hydrogen-bond acceptors (Lipinski definition) is 1. The minimum absolute atomic E-state index is 0.191. The topological polar surface area (TPSA) is 9.23 Å². The van der Waals surface area contributed by atoms with E-state index >= 15 is 0 Å². The van der Waals surface area contributed by atoms with Crippen LogP contribution in [0.4, 0.5) is 0 Å². The molecule has 0 spiro atoms. The second-order valence-corrected chi connectivity index (χ2v) is 7.07. The SMILES string of the molecule is C[Se]CC1(c2ccc(Cl)cc2)Cc2ccccc2O1.